The summed E-state index contributed by atoms with van der Waals surface area (Å²) < 4.78 is 13.2. The minimum absolute atomic E-state index is 0.102. The van der Waals surface area contributed by atoms with Crippen molar-refractivity contribution in [3.8, 4) is 0 Å². The summed E-state index contributed by atoms with van der Waals surface area (Å²) >= 11 is 11.4. The average molecular weight is 236 g/mol. The number of halogens is 3. The molecule has 13 heavy (non-hydrogen) atoms. The summed E-state index contributed by atoms with van der Waals surface area (Å²) in [5.74, 6) is -0.0725. The zero-order valence-corrected chi connectivity index (χ0v) is 9.74. The SMILES string of the molecule is CC(C[Si](Cl)Cl)c1ccccc1F. The Hall–Kier alpha value is -0.0531. The molecule has 0 spiro atoms. The molecule has 1 unspecified atom stereocenters. The van der Waals surface area contributed by atoms with Crippen molar-refractivity contribution in [2.45, 2.75) is 18.9 Å². The monoisotopic (exact) mass is 235 g/mol. The van der Waals surface area contributed by atoms with Gasteiger partial charge in [-0.15, -0.1) is 22.2 Å². The van der Waals surface area contributed by atoms with Gasteiger partial charge in [0, 0.05) is 0 Å². The number of hydrogen-bond acceptors (Lipinski definition) is 0. The van der Waals surface area contributed by atoms with Gasteiger partial charge in [0.2, 0.25) is 0 Å². The molecule has 0 saturated heterocycles. The zero-order chi connectivity index (χ0) is 9.84. The van der Waals surface area contributed by atoms with E-state index in [-0.39, 0.29) is 11.7 Å². The topological polar surface area (TPSA) is 0 Å². The normalized spacial score (nSPS) is 13.3. The van der Waals surface area contributed by atoms with E-state index in [1.807, 2.05) is 13.0 Å². The lowest BCUT2D eigenvalue weighted by molar-refractivity contribution is 0.598. The molecule has 0 N–H and O–H groups in total. The van der Waals surface area contributed by atoms with Gasteiger partial charge in [0.1, 0.15) is 5.82 Å². The van der Waals surface area contributed by atoms with Gasteiger partial charge >= 0.3 is 0 Å². The molecule has 0 saturated carbocycles. The molecular weight excluding hydrogens is 226 g/mol. The molecule has 0 aliphatic rings. The molecule has 4 heteroatoms. The van der Waals surface area contributed by atoms with Crippen LogP contribution in [-0.4, -0.2) is 7.42 Å². The highest BCUT2D eigenvalue weighted by Gasteiger charge is 2.15. The van der Waals surface area contributed by atoms with E-state index in [0.29, 0.717) is 11.6 Å². The molecule has 0 nitrogen and oxygen atoms in total. The summed E-state index contributed by atoms with van der Waals surface area (Å²) in [6.07, 6.45) is 0. The van der Waals surface area contributed by atoms with Crippen LogP contribution in [0.2, 0.25) is 6.04 Å². The van der Waals surface area contributed by atoms with E-state index in [1.165, 1.54) is 6.07 Å². The predicted octanol–water partition coefficient (Wildman–Crippen LogP) is 3.90. The molecule has 71 valence electrons. The van der Waals surface area contributed by atoms with E-state index in [2.05, 4.69) is 0 Å². The van der Waals surface area contributed by atoms with Crippen molar-refractivity contribution >= 4 is 29.6 Å². The van der Waals surface area contributed by atoms with Crippen molar-refractivity contribution in [3.63, 3.8) is 0 Å². The van der Waals surface area contributed by atoms with Gasteiger partial charge in [0.25, 0.3) is 7.42 Å². The predicted molar refractivity (Wildman–Crippen MR) is 57.1 cm³/mol. The Morgan fingerprint density at radius 3 is 2.54 bits per heavy atom. The van der Waals surface area contributed by atoms with Gasteiger partial charge in [-0.05, 0) is 23.6 Å². The van der Waals surface area contributed by atoms with Crippen LogP contribution < -0.4 is 0 Å². The third-order valence-corrected chi connectivity index (χ3v) is 3.74. The van der Waals surface area contributed by atoms with Crippen LogP contribution in [0, 0.1) is 5.82 Å². The van der Waals surface area contributed by atoms with Gasteiger partial charge in [-0.25, -0.2) is 4.39 Å². The fourth-order valence-corrected chi connectivity index (χ4v) is 3.29. The van der Waals surface area contributed by atoms with Gasteiger partial charge in [-0.2, -0.15) is 0 Å². The summed E-state index contributed by atoms with van der Waals surface area (Å²) in [7, 11) is -1.32. The van der Waals surface area contributed by atoms with Crippen LogP contribution in [0.4, 0.5) is 4.39 Å². The average Bonchev–Trinajstić information content (AvgIpc) is 2.03. The van der Waals surface area contributed by atoms with Crippen LogP contribution in [0.5, 0.6) is 0 Å². The Morgan fingerprint density at radius 1 is 1.38 bits per heavy atom. The fourth-order valence-electron chi connectivity index (χ4n) is 1.22. The van der Waals surface area contributed by atoms with E-state index in [0.717, 1.165) is 0 Å². The Labute approximate surface area is 88.7 Å². The lowest BCUT2D eigenvalue weighted by atomic mass is 10.0. The number of rotatable bonds is 3. The molecule has 0 amide bonds. The smallest absolute Gasteiger partial charge is 0.207 e. The number of benzene rings is 1. The first-order valence-electron chi connectivity index (χ1n) is 4.02. The summed E-state index contributed by atoms with van der Waals surface area (Å²) in [5.41, 5.74) is 0.700. The van der Waals surface area contributed by atoms with Gasteiger partial charge < -0.3 is 0 Å². The highest BCUT2D eigenvalue weighted by molar-refractivity contribution is 7.33. The number of hydrogen-bond donors (Lipinski definition) is 0. The van der Waals surface area contributed by atoms with E-state index < -0.39 is 7.42 Å². The van der Waals surface area contributed by atoms with Crippen molar-refractivity contribution < 1.29 is 4.39 Å². The molecule has 1 atom stereocenters. The van der Waals surface area contributed by atoms with E-state index >= 15 is 0 Å². The second-order valence-electron chi connectivity index (χ2n) is 2.97. The molecule has 0 fully saturated rings. The lowest BCUT2D eigenvalue weighted by Gasteiger charge is -2.11. The minimum Gasteiger partial charge on any atom is -0.207 e. The van der Waals surface area contributed by atoms with Crippen LogP contribution in [0.3, 0.4) is 0 Å². The summed E-state index contributed by atoms with van der Waals surface area (Å²) in [5, 5.41) is 0. The van der Waals surface area contributed by atoms with Crippen LogP contribution in [0.1, 0.15) is 18.4 Å². The minimum atomic E-state index is -1.32. The second-order valence-corrected chi connectivity index (χ2v) is 7.37. The summed E-state index contributed by atoms with van der Waals surface area (Å²) in [6.45, 7) is 1.94. The van der Waals surface area contributed by atoms with E-state index in [4.69, 9.17) is 22.2 Å². The largest absolute Gasteiger partial charge is 0.274 e. The lowest BCUT2D eigenvalue weighted by Crippen LogP contribution is -2.03. The molecule has 1 aromatic carbocycles. The Bertz CT molecular complexity index is 278. The first kappa shape index (κ1) is 11.0. The maximum Gasteiger partial charge on any atom is 0.274 e. The highest BCUT2D eigenvalue weighted by atomic mass is 35.7. The molecule has 0 aliphatic heterocycles. The molecular formula is C9H10Cl2FSi. The molecule has 0 aromatic heterocycles. The van der Waals surface area contributed by atoms with E-state index in [9.17, 15) is 4.39 Å². The molecule has 0 bridgehead atoms. The molecule has 0 heterocycles. The maximum atomic E-state index is 13.2. The van der Waals surface area contributed by atoms with Gasteiger partial charge in [0.05, 0.1) is 0 Å². The molecule has 1 aromatic rings. The van der Waals surface area contributed by atoms with Crippen molar-refractivity contribution in [2.24, 2.45) is 0 Å². The summed E-state index contributed by atoms with van der Waals surface area (Å²) in [4.78, 5) is 0. The zero-order valence-electron chi connectivity index (χ0n) is 7.23. The van der Waals surface area contributed by atoms with Crippen LogP contribution in [-0.2, 0) is 0 Å². The van der Waals surface area contributed by atoms with Crippen molar-refractivity contribution in [1.29, 1.82) is 0 Å². The Morgan fingerprint density at radius 2 is 2.00 bits per heavy atom. The Balaban J connectivity index is 2.76. The van der Waals surface area contributed by atoms with Crippen molar-refractivity contribution in [1.82, 2.24) is 0 Å². The molecule has 0 aliphatic carbocycles. The van der Waals surface area contributed by atoms with Crippen LogP contribution in [0.15, 0.2) is 24.3 Å². The third-order valence-electron chi connectivity index (χ3n) is 1.90. The maximum absolute atomic E-state index is 13.2. The van der Waals surface area contributed by atoms with E-state index in [1.54, 1.807) is 12.1 Å². The Kier molecular flexibility index (Phi) is 4.23. The summed E-state index contributed by atoms with van der Waals surface area (Å²) in [6, 6.07) is 7.41. The van der Waals surface area contributed by atoms with Gasteiger partial charge in [-0.1, -0.05) is 25.1 Å². The first-order chi connectivity index (χ1) is 6.11. The first-order valence-corrected chi connectivity index (χ1v) is 7.75. The molecule has 1 rings (SSSR count). The van der Waals surface area contributed by atoms with Crippen molar-refractivity contribution in [3.05, 3.63) is 35.6 Å². The van der Waals surface area contributed by atoms with Crippen LogP contribution >= 0.6 is 22.2 Å². The second kappa shape index (κ2) is 4.98. The fraction of sp³-hybridized carbons (Fsp3) is 0.333. The quantitative estimate of drug-likeness (QED) is 0.551. The third kappa shape index (κ3) is 3.29. The van der Waals surface area contributed by atoms with Crippen molar-refractivity contribution in [2.75, 3.05) is 0 Å². The standard InChI is InChI=1S/C9H10Cl2FSi/c1-7(6-13(10)11)8-4-2-3-5-9(8)12/h2-5,7H,6H2,1H3. The van der Waals surface area contributed by atoms with Gasteiger partial charge in [-0.3, -0.25) is 0 Å². The van der Waals surface area contributed by atoms with Gasteiger partial charge in [0.15, 0.2) is 0 Å². The van der Waals surface area contributed by atoms with Crippen LogP contribution in [0.25, 0.3) is 0 Å². The molecule has 1 radical (unpaired) electrons. The highest BCUT2D eigenvalue weighted by Crippen LogP contribution is 2.25.